The summed E-state index contributed by atoms with van der Waals surface area (Å²) in [6, 6.07) is 0. The third kappa shape index (κ3) is 3.69. The van der Waals surface area contributed by atoms with E-state index in [0.29, 0.717) is 5.92 Å². The zero-order valence-electron chi connectivity index (χ0n) is 13.5. The molecule has 2 heterocycles. The van der Waals surface area contributed by atoms with Gasteiger partial charge in [0.1, 0.15) is 0 Å². The minimum atomic E-state index is 0.670. The average Bonchev–Trinajstić information content (AvgIpc) is 2.71. The van der Waals surface area contributed by atoms with Crippen LogP contribution in [-0.4, -0.2) is 29.6 Å². The van der Waals surface area contributed by atoms with Crippen molar-refractivity contribution >= 4 is 5.95 Å². The molecule has 1 saturated heterocycles. The minimum absolute atomic E-state index is 0.670. The van der Waals surface area contributed by atoms with Gasteiger partial charge in [0.2, 0.25) is 5.95 Å². The second-order valence-corrected chi connectivity index (χ2v) is 6.66. The zero-order chi connectivity index (χ0) is 14.7. The van der Waals surface area contributed by atoms with E-state index in [-0.39, 0.29) is 0 Å². The Hall–Kier alpha value is -1.16. The Labute approximate surface area is 123 Å². The molecule has 1 aromatic rings. The van der Waals surface area contributed by atoms with Crippen LogP contribution < -0.4 is 10.2 Å². The van der Waals surface area contributed by atoms with Gasteiger partial charge in [-0.25, -0.2) is 9.97 Å². The van der Waals surface area contributed by atoms with Crippen molar-refractivity contribution in [2.24, 2.45) is 17.8 Å². The van der Waals surface area contributed by atoms with Crippen molar-refractivity contribution in [1.82, 2.24) is 15.3 Å². The van der Waals surface area contributed by atoms with Gasteiger partial charge in [0, 0.05) is 37.1 Å². The number of nitrogens with zero attached hydrogens (tertiary/aromatic N) is 3. The van der Waals surface area contributed by atoms with Crippen molar-refractivity contribution < 1.29 is 0 Å². The van der Waals surface area contributed by atoms with Gasteiger partial charge in [0.15, 0.2) is 0 Å². The van der Waals surface area contributed by atoms with Crippen LogP contribution >= 0.6 is 0 Å². The summed E-state index contributed by atoms with van der Waals surface area (Å²) >= 11 is 0. The van der Waals surface area contributed by atoms with Gasteiger partial charge in [-0.15, -0.1) is 0 Å². The van der Waals surface area contributed by atoms with E-state index in [9.17, 15) is 0 Å². The fourth-order valence-corrected chi connectivity index (χ4v) is 2.59. The smallest absolute Gasteiger partial charge is 0.225 e. The number of aryl methyl sites for hydroxylation is 1. The molecule has 1 N–H and O–H groups in total. The first kappa shape index (κ1) is 15.2. The lowest BCUT2D eigenvalue weighted by Gasteiger charge is -2.17. The van der Waals surface area contributed by atoms with E-state index >= 15 is 0 Å². The normalized spacial score (nSPS) is 22.8. The minimum Gasteiger partial charge on any atom is -0.340 e. The van der Waals surface area contributed by atoms with Gasteiger partial charge in [0.05, 0.1) is 0 Å². The first-order valence-electron chi connectivity index (χ1n) is 7.75. The topological polar surface area (TPSA) is 41.1 Å². The monoisotopic (exact) mass is 276 g/mol. The van der Waals surface area contributed by atoms with Crippen LogP contribution in [0.5, 0.6) is 0 Å². The molecule has 1 fully saturated rings. The quantitative estimate of drug-likeness (QED) is 0.897. The highest BCUT2D eigenvalue weighted by atomic mass is 15.3. The largest absolute Gasteiger partial charge is 0.340 e. The maximum absolute atomic E-state index is 4.70. The van der Waals surface area contributed by atoms with Crippen LogP contribution in [0.1, 0.15) is 39.0 Å². The summed E-state index contributed by atoms with van der Waals surface area (Å²) in [6.45, 7) is 15.2. The van der Waals surface area contributed by atoms with Gasteiger partial charge in [0.25, 0.3) is 0 Å². The van der Waals surface area contributed by atoms with E-state index < -0.39 is 0 Å². The molecule has 2 atom stereocenters. The summed E-state index contributed by atoms with van der Waals surface area (Å²) < 4.78 is 0. The van der Waals surface area contributed by atoms with E-state index in [1.807, 2.05) is 6.20 Å². The van der Waals surface area contributed by atoms with E-state index in [1.165, 1.54) is 5.56 Å². The fourth-order valence-electron chi connectivity index (χ4n) is 2.59. The molecule has 0 amide bonds. The highest BCUT2D eigenvalue weighted by Gasteiger charge is 2.27. The molecule has 112 valence electrons. The van der Waals surface area contributed by atoms with Gasteiger partial charge >= 0.3 is 0 Å². The lowest BCUT2D eigenvalue weighted by molar-refractivity contribution is 0.494. The Bertz CT molecular complexity index is 434. The SMILES string of the molecule is Cc1nc(N2CC(C)C(C)C2)ncc1CNCC(C)C. The number of anilines is 1. The average molecular weight is 276 g/mol. The second kappa shape index (κ2) is 6.53. The highest BCUT2D eigenvalue weighted by Crippen LogP contribution is 2.25. The molecule has 2 rings (SSSR count). The Morgan fingerprint density at radius 2 is 1.95 bits per heavy atom. The lowest BCUT2D eigenvalue weighted by Crippen LogP contribution is -2.24. The molecule has 1 aliphatic heterocycles. The molecule has 0 saturated carbocycles. The first-order chi connectivity index (χ1) is 9.47. The predicted octanol–water partition coefficient (Wildman–Crippen LogP) is 2.62. The van der Waals surface area contributed by atoms with Gasteiger partial charge in [-0.2, -0.15) is 0 Å². The van der Waals surface area contributed by atoms with Crippen molar-refractivity contribution in [2.75, 3.05) is 24.5 Å². The van der Waals surface area contributed by atoms with E-state index in [0.717, 1.165) is 49.7 Å². The van der Waals surface area contributed by atoms with Crippen LogP contribution in [0, 0.1) is 24.7 Å². The van der Waals surface area contributed by atoms with Crippen molar-refractivity contribution in [3.05, 3.63) is 17.5 Å². The van der Waals surface area contributed by atoms with Crippen molar-refractivity contribution in [3.8, 4) is 0 Å². The lowest BCUT2D eigenvalue weighted by atomic mass is 10.0. The molecule has 0 bridgehead atoms. The molecule has 4 nitrogen and oxygen atoms in total. The Morgan fingerprint density at radius 1 is 1.30 bits per heavy atom. The van der Waals surface area contributed by atoms with E-state index in [4.69, 9.17) is 4.98 Å². The predicted molar refractivity (Wildman–Crippen MR) is 83.9 cm³/mol. The van der Waals surface area contributed by atoms with Crippen LogP contribution in [0.25, 0.3) is 0 Å². The Morgan fingerprint density at radius 3 is 2.50 bits per heavy atom. The summed E-state index contributed by atoms with van der Waals surface area (Å²) in [5.74, 6) is 3.02. The van der Waals surface area contributed by atoms with Crippen molar-refractivity contribution in [2.45, 2.75) is 41.2 Å². The maximum Gasteiger partial charge on any atom is 0.225 e. The molecule has 4 heteroatoms. The van der Waals surface area contributed by atoms with Gasteiger partial charge in [-0.3, -0.25) is 0 Å². The van der Waals surface area contributed by atoms with E-state index in [1.54, 1.807) is 0 Å². The third-order valence-electron chi connectivity index (χ3n) is 4.21. The third-order valence-corrected chi connectivity index (χ3v) is 4.21. The van der Waals surface area contributed by atoms with Crippen LogP contribution in [0.3, 0.4) is 0 Å². The number of hydrogen-bond acceptors (Lipinski definition) is 4. The molecule has 0 aromatic carbocycles. The Kier molecular flexibility index (Phi) is 4.97. The number of aromatic nitrogens is 2. The molecular formula is C16H28N4. The highest BCUT2D eigenvalue weighted by molar-refractivity contribution is 5.34. The van der Waals surface area contributed by atoms with E-state index in [2.05, 4.69) is 49.8 Å². The van der Waals surface area contributed by atoms with Gasteiger partial charge in [-0.1, -0.05) is 27.7 Å². The van der Waals surface area contributed by atoms with Crippen molar-refractivity contribution in [3.63, 3.8) is 0 Å². The maximum atomic E-state index is 4.70. The summed E-state index contributed by atoms with van der Waals surface area (Å²) in [4.78, 5) is 11.6. The number of nitrogens with one attached hydrogen (secondary N) is 1. The first-order valence-corrected chi connectivity index (χ1v) is 7.75. The van der Waals surface area contributed by atoms with Crippen LogP contribution in [0.2, 0.25) is 0 Å². The molecule has 0 aliphatic carbocycles. The fraction of sp³-hybridized carbons (Fsp3) is 0.750. The molecule has 0 radical (unpaired) electrons. The summed E-state index contributed by atoms with van der Waals surface area (Å²) in [7, 11) is 0. The summed E-state index contributed by atoms with van der Waals surface area (Å²) in [5, 5.41) is 3.45. The van der Waals surface area contributed by atoms with Crippen LogP contribution in [-0.2, 0) is 6.54 Å². The second-order valence-electron chi connectivity index (χ2n) is 6.66. The zero-order valence-corrected chi connectivity index (χ0v) is 13.5. The molecule has 1 aromatic heterocycles. The number of hydrogen-bond donors (Lipinski definition) is 1. The van der Waals surface area contributed by atoms with Gasteiger partial charge < -0.3 is 10.2 Å². The Balaban J connectivity index is 1.99. The van der Waals surface area contributed by atoms with Crippen LogP contribution in [0.15, 0.2) is 6.20 Å². The van der Waals surface area contributed by atoms with Crippen LogP contribution in [0.4, 0.5) is 5.95 Å². The standard InChI is InChI=1S/C16H28N4/c1-11(2)6-17-7-15-8-18-16(19-14(15)5)20-9-12(3)13(4)10-20/h8,11-13,17H,6-7,9-10H2,1-5H3. The van der Waals surface area contributed by atoms with Gasteiger partial charge in [-0.05, 0) is 31.2 Å². The summed E-state index contributed by atoms with van der Waals surface area (Å²) in [6.07, 6.45) is 1.98. The molecule has 1 aliphatic rings. The molecule has 2 unspecified atom stereocenters. The van der Waals surface area contributed by atoms with Crippen molar-refractivity contribution in [1.29, 1.82) is 0 Å². The molecule has 20 heavy (non-hydrogen) atoms. The summed E-state index contributed by atoms with van der Waals surface area (Å²) in [5.41, 5.74) is 2.30. The number of rotatable bonds is 5. The molecular weight excluding hydrogens is 248 g/mol. The molecule has 0 spiro atoms.